The SMILES string of the molecule is COC(C)(C)C(N)COc1ccc(F)cc1F. The maximum Gasteiger partial charge on any atom is 0.167 e. The summed E-state index contributed by atoms with van der Waals surface area (Å²) in [7, 11) is 1.54. The molecule has 1 atom stereocenters. The van der Waals surface area contributed by atoms with E-state index in [9.17, 15) is 8.78 Å². The molecular formula is C12H17F2NO2. The van der Waals surface area contributed by atoms with E-state index in [4.69, 9.17) is 15.2 Å². The highest BCUT2D eigenvalue weighted by Crippen LogP contribution is 2.19. The van der Waals surface area contributed by atoms with Crippen LogP contribution in [0.25, 0.3) is 0 Å². The number of rotatable bonds is 5. The third-order valence-corrected chi connectivity index (χ3v) is 2.73. The van der Waals surface area contributed by atoms with Crippen LogP contribution in [0.15, 0.2) is 18.2 Å². The first-order valence-corrected chi connectivity index (χ1v) is 5.25. The van der Waals surface area contributed by atoms with Crippen molar-refractivity contribution in [3.8, 4) is 5.75 Å². The molecule has 0 saturated heterocycles. The number of ether oxygens (including phenoxy) is 2. The topological polar surface area (TPSA) is 44.5 Å². The van der Waals surface area contributed by atoms with Gasteiger partial charge in [0, 0.05) is 13.2 Å². The van der Waals surface area contributed by atoms with Gasteiger partial charge in [0.1, 0.15) is 12.4 Å². The summed E-state index contributed by atoms with van der Waals surface area (Å²) in [6.07, 6.45) is 0. The van der Waals surface area contributed by atoms with Gasteiger partial charge in [-0.05, 0) is 26.0 Å². The van der Waals surface area contributed by atoms with Gasteiger partial charge in [0.05, 0.1) is 11.6 Å². The molecule has 1 aromatic carbocycles. The van der Waals surface area contributed by atoms with E-state index < -0.39 is 23.3 Å². The lowest BCUT2D eigenvalue weighted by molar-refractivity contribution is -0.0113. The molecule has 5 heteroatoms. The highest BCUT2D eigenvalue weighted by atomic mass is 19.1. The van der Waals surface area contributed by atoms with Gasteiger partial charge in [-0.3, -0.25) is 0 Å². The molecule has 0 saturated carbocycles. The first kappa shape index (κ1) is 13.9. The Morgan fingerprint density at radius 3 is 2.53 bits per heavy atom. The van der Waals surface area contributed by atoms with Crippen molar-refractivity contribution >= 4 is 0 Å². The zero-order chi connectivity index (χ0) is 13.1. The number of methoxy groups -OCH3 is 1. The minimum absolute atomic E-state index is 0.0197. The zero-order valence-corrected chi connectivity index (χ0v) is 10.2. The molecule has 0 aliphatic heterocycles. The average molecular weight is 245 g/mol. The predicted molar refractivity (Wildman–Crippen MR) is 60.9 cm³/mol. The van der Waals surface area contributed by atoms with Gasteiger partial charge in [0.2, 0.25) is 0 Å². The number of hydrogen-bond donors (Lipinski definition) is 1. The van der Waals surface area contributed by atoms with E-state index in [1.165, 1.54) is 6.07 Å². The van der Waals surface area contributed by atoms with E-state index in [1.54, 1.807) is 7.11 Å². The van der Waals surface area contributed by atoms with Crippen LogP contribution >= 0.6 is 0 Å². The summed E-state index contributed by atoms with van der Waals surface area (Å²) in [6.45, 7) is 3.70. The first-order valence-electron chi connectivity index (χ1n) is 5.25. The summed E-state index contributed by atoms with van der Waals surface area (Å²) in [4.78, 5) is 0. The minimum Gasteiger partial charge on any atom is -0.489 e. The van der Waals surface area contributed by atoms with Crippen molar-refractivity contribution in [3.63, 3.8) is 0 Å². The van der Waals surface area contributed by atoms with Crippen molar-refractivity contribution in [2.75, 3.05) is 13.7 Å². The Bertz CT molecular complexity index is 383. The molecule has 1 unspecified atom stereocenters. The summed E-state index contributed by atoms with van der Waals surface area (Å²) in [5, 5.41) is 0. The summed E-state index contributed by atoms with van der Waals surface area (Å²) in [5.41, 5.74) is 5.27. The van der Waals surface area contributed by atoms with E-state index in [2.05, 4.69) is 0 Å². The second kappa shape index (κ2) is 5.42. The summed E-state index contributed by atoms with van der Waals surface area (Å²) >= 11 is 0. The van der Waals surface area contributed by atoms with Crippen molar-refractivity contribution in [3.05, 3.63) is 29.8 Å². The Hall–Kier alpha value is -1.20. The minimum atomic E-state index is -0.743. The largest absolute Gasteiger partial charge is 0.489 e. The van der Waals surface area contributed by atoms with Crippen LogP contribution in [-0.4, -0.2) is 25.4 Å². The summed E-state index contributed by atoms with van der Waals surface area (Å²) < 4.78 is 36.3. The lowest BCUT2D eigenvalue weighted by Crippen LogP contribution is -2.48. The molecule has 3 nitrogen and oxygen atoms in total. The van der Waals surface area contributed by atoms with Gasteiger partial charge in [0.15, 0.2) is 11.6 Å². The second-order valence-electron chi connectivity index (χ2n) is 4.30. The van der Waals surface area contributed by atoms with Crippen LogP contribution in [0.2, 0.25) is 0 Å². The van der Waals surface area contributed by atoms with Gasteiger partial charge in [0.25, 0.3) is 0 Å². The second-order valence-corrected chi connectivity index (χ2v) is 4.30. The monoisotopic (exact) mass is 245 g/mol. The molecule has 17 heavy (non-hydrogen) atoms. The smallest absolute Gasteiger partial charge is 0.167 e. The maximum absolute atomic E-state index is 13.2. The van der Waals surface area contributed by atoms with Crippen molar-refractivity contribution in [1.29, 1.82) is 0 Å². The summed E-state index contributed by atoms with van der Waals surface area (Å²) in [6, 6.07) is 2.71. The highest BCUT2D eigenvalue weighted by Gasteiger charge is 2.26. The normalized spacial score (nSPS) is 13.5. The molecule has 0 amide bonds. The molecule has 0 radical (unpaired) electrons. The molecule has 0 aliphatic rings. The van der Waals surface area contributed by atoms with Gasteiger partial charge < -0.3 is 15.2 Å². The number of nitrogens with two attached hydrogens (primary N) is 1. The Morgan fingerprint density at radius 2 is 2.00 bits per heavy atom. The van der Waals surface area contributed by atoms with Crippen molar-refractivity contribution in [1.82, 2.24) is 0 Å². The highest BCUT2D eigenvalue weighted by molar-refractivity contribution is 5.24. The zero-order valence-electron chi connectivity index (χ0n) is 10.2. The third kappa shape index (κ3) is 3.64. The van der Waals surface area contributed by atoms with E-state index in [1.807, 2.05) is 13.8 Å². The molecule has 0 spiro atoms. The van der Waals surface area contributed by atoms with Gasteiger partial charge >= 0.3 is 0 Å². The Kier molecular flexibility index (Phi) is 4.42. The predicted octanol–water partition coefficient (Wildman–Crippen LogP) is 2.10. The fourth-order valence-electron chi connectivity index (χ4n) is 1.12. The Labute approximate surface area is 99.5 Å². The van der Waals surface area contributed by atoms with Crippen LogP contribution in [0.1, 0.15) is 13.8 Å². The molecule has 0 bridgehead atoms. The quantitative estimate of drug-likeness (QED) is 0.864. The number of halogens is 2. The number of hydrogen-bond acceptors (Lipinski definition) is 3. The van der Waals surface area contributed by atoms with Gasteiger partial charge in [-0.15, -0.1) is 0 Å². The molecule has 0 heterocycles. The van der Waals surface area contributed by atoms with Crippen LogP contribution < -0.4 is 10.5 Å². The molecule has 2 N–H and O–H groups in total. The Morgan fingerprint density at radius 1 is 1.35 bits per heavy atom. The average Bonchev–Trinajstić information content (AvgIpc) is 2.27. The van der Waals surface area contributed by atoms with E-state index in [0.29, 0.717) is 0 Å². The molecular weight excluding hydrogens is 228 g/mol. The summed E-state index contributed by atoms with van der Waals surface area (Å²) in [5.74, 6) is -1.41. The van der Waals surface area contributed by atoms with Crippen LogP contribution in [0.5, 0.6) is 5.75 Å². The standard InChI is InChI=1S/C12H17F2NO2/c1-12(2,16-3)11(15)7-17-10-5-4-8(13)6-9(10)14/h4-6,11H,7,15H2,1-3H3. The number of benzene rings is 1. The van der Waals surface area contributed by atoms with E-state index in [0.717, 1.165) is 12.1 Å². The van der Waals surface area contributed by atoms with Crippen LogP contribution in [0.3, 0.4) is 0 Å². The van der Waals surface area contributed by atoms with Crippen molar-refractivity contribution in [2.24, 2.45) is 5.73 Å². The fraction of sp³-hybridized carbons (Fsp3) is 0.500. The fourth-order valence-corrected chi connectivity index (χ4v) is 1.12. The maximum atomic E-state index is 13.2. The van der Waals surface area contributed by atoms with Crippen LogP contribution in [0.4, 0.5) is 8.78 Å². The van der Waals surface area contributed by atoms with Gasteiger partial charge in [-0.2, -0.15) is 0 Å². The lowest BCUT2D eigenvalue weighted by Gasteiger charge is -2.29. The molecule has 0 fully saturated rings. The van der Waals surface area contributed by atoms with Crippen LogP contribution in [-0.2, 0) is 4.74 Å². The molecule has 1 rings (SSSR count). The molecule has 96 valence electrons. The Balaban J connectivity index is 2.62. The first-order chi connectivity index (χ1) is 7.86. The lowest BCUT2D eigenvalue weighted by atomic mass is 10.0. The molecule has 1 aromatic rings. The van der Waals surface area contributed by atoms with E-state index in [-0.39, 0.29) is 12.4 Å². The third-order valence-electron chi connectivity index (χ3n) is 2.73. The van der Waals surface area contributed by atoms with Crippen molar-refractivity contribution < 1.29 is 18.3 Å². The van der Waals surface area contributed by atoms with E-state index >= 15 is 0 Å². The van der Waals surface area contributed by atoms with Crippen LogP contribution in [0, 0.1) is 11.6 Å². The molecule has 0 aliphatic carbocycles. The molecule has 0 aromatic heterocycles. The van der Waals surface area contributed by atoms with Crippen molar-refractivity contribution in [2.45, 2.75) is 25.5 Å². The van der Waals surface area contributed by atoms with Gasteiger partial charge in [-0.25, -0.2) is 8.78 Å². The van der Waals surface area contributed by atoms with Gasteiger partial charge in [-0.1, -0.05) is 0 Å².